The summed E-state index contributed by atoms with van der Waals surface area (Å²) >= 11 is 0. The normalized spacial score (nSPS) is 18.8. The van der Waals surface area contributed by atoms with E-state index in [0.717, 1.165) is 12.8 Å². The highest BCUT2D eigenvalue weighted by molar-refractivity contribution is 7.89. The van der Waals surface area contributed by atoms with E-state index in [0.29, 0.717) is 18.7 Å². The van der Waals surface area contributed by atoms with Crippen molar-refractivity contribution in [3.05, 3.63) is 29.8 Å². The van der Waals surface area contributed by atoms with Crippen LogP contribution >= 0.6 is 0 Å². The number of aliphatic hydroxyl groups is 1. The van der Waals surface area contributed by atoms with Crippen LogP contribution in [0.25, 0.3) is 0 Å². The van der Waals surface area contributed by atoms with Crippen molar-refractivity contribution in [1.82, 2.24) is 4.31 Å². The first kappa shape index (κ1) is 16.0. The van der Waals surface area contributed by atoms with Gasteiger partial charge in [-0.15, -0.1) is 0 Å². The maximum Gasteiger partial charge on any atom is 0.243 e. The molecule has 0 saturated carbocycles. The molecular formula is C16H21NO3S. The Balaban J connectivity index is 2.24. The molecule has 1 aliphatic rings. The molecule has 1 saturated heterocycles. The molecule has 0 radical (unpaired) electrons. The second-order valence-electron chi connectivity index (χ2n) is 6.06. The van der Waals surface area contributed by atoms with E-state index < -0.39 is 10.0 Å². The molecule has 114 valence electrons. The van der Waals surface area contributed by atoms with Crippen LogP contribution in [0.1, 0.15) is 32.3 Å². The minimum Gasteiger partial charge on any atom is -0.384 e. The van der Waals surface area contributed by atoms with Crippen molar-refractivity contribution < 1.29 is 13.5 Å². The van der Waals surface area contributed by atoms with E-state index in [1.165, 1.54) is 0 Å². The Kier molecular flexibility index (Phi) is 4.72. The quantitative estimate of drug-likeness (QED) is 0.848. The zero-order chi connectivity index (χ0) is 15.5. The Labute approximate surface area is 126 Å². The van der Waals surface area contributed by atoms with E-state index in [-0.39, 0.29) is 16.9 Å². The number of nitrogens with zero attached hydrogens (tertiary/aromatic N) is 1. The number of piperidine rings is 1. The lowest BCUT2D eigenvalue weighted by Crippen LogP contribution is -2.41. The van der Waals surface area contributed by atoms with Crippen molar-refractivity contribution in [2.24, 2.45) is 5.41 Å². The van der Waals surface area contributed by atoms with Crippen molar-refractivity contribution in [3.8, 4) is 11.8 Å². The fourth-order valence-corrected chi connectivity index (χ4v) is 3.84. The van der Waals surface area contributed by atoms with Gasteiger partial charge in [0.05, 0.1) is 4.90 Å². The Morgan fingerprint density at radius 2 is 1.95 bits per heavy atom. The fraction of sp³-hybridized carbons (Fsp3) is 0.500. The molecule has 5 heteroatoms. The SMILES string of the molecule is CC1(C)CCN(S(=O)(=O)c2cccc(C#CCO)c2)CC1. The van der Waals surface area contributed by atoms with Crippen LogP contribution in [-0.4, -0.2) is 37.5 Å². The van der Waals surface area contributed by atoms with Gasteiger partial charge in [-0.3, -0.25) is 0 Å². The molecule has 1 heterocycles. The van der Waals surface area contributed by atoms with E-state index in [1.54, 1.807) is 28.6 Å². The zero-order valence-corrected chi connectivity index (χ0v) is 13.3. The highest BCUT2D eigenvalue weighted by Crippen LogP contribution is 2.32. The Hall–Kier alpha value is -1.35. The van der Waals surface area contributed by atoms with Gasteiger partial charge in [0.2, 0.25) is 10.0 Å². The summed E-state index contributed by atoms with van der Waals surface area (Å²) in [6.07, 6.45) is 1.74. The largest absolute Gasteiger partial charge is 0.384 e. The van der Waals surface area contributed by atoms with E-state index in [4.69, 9.17) is 5.11 Å². The molecule has 1 aromatic rings. The standard InChI is InChI=1S/C16H21NO3S/c1-16(2)8-10-17(11-9-16)21(19,20)15-7-3-5-14(13-15)6-4-12-18/h3,5,7,13,18H,8-12H2,1-2H3. The first-order chi connectivity index (χ1) is 9.85. The van der Waals surface area contributed by atoms with Crippen LogP contribution in [0.4, 0.5) is 0 Å². The minimum atomic E-state index is -3.46. The van der Waals surface area contributed by atoms with Gasteiger partial charge in [-0.2, -0.15) is 4.31 Å². The van der Waals surface area contributed by atoms with Gasteiger partial charge in [-0.05, 0) is 36.5 Å². The highest BCUT2D eigenvalue weighted by Gasteiger charge is 2.32. The average Bonchev–Trinajstić information content (AvgIpc) is 2.45. The molecule has 2 rings (SSSR count). The third kappa shape index (κ3) is 3.85. The molecule has 1 N–H and O–H groups in total. The van der Waals surface area contributed by atoms with Gasteiger partial charge in [-0.25, -0.2) is 8.42 Å². The van der Waals surface area contributed by atoms with Crippen LogP contribution in [0.5, 0.6) is 0 Å². The molecule has 0 aliphatic carbocycles. The molecule has 0 aromatic heterocycles. The summed E-state index contributed by atoms with van der Waals surface area (Å²) in [5, 5.41) is 8.71. The molecule has 1 fully saturated rings. The van der Waals surface area contributed by atoms with Gasteiger partial charge in [0.1, 0.15) is 6.61 Å². The van der Waals surface area contributed by atoms with Crippen LogP contribution < -0.4 is 0 Å². The van der Waals surface area contributed by atoms with Crippen LogP contribution in [-0.2, 0) is 10.0 Å². The zero-order valence-electron chi connectivity index (χ0n) is 12.5. The Morgan fingerprint density at radius 1 is 1.29 bits per heavy atom. The maximum absolute atomic E-state index is 12.7. The van der Waals surface area contributed by atoms with Gasteiger partial charge in [0, 0.05) is 18.7 Å². The molecular weight excluding hydrogens is 286 g/mol. The van der Waals surface area contributed by atoms with Crippen molar-refractivity contribution in [1.29, 1.82) is 0 Å². The van der Waals surface area contributed by atoms with Gasteiger partial charge >= 0.3 is 0 Å². The molecule has 0 amide bonds. The van der Waals surface area contributed by atoms with E-state index in [2.05, 4.69) is 25.7 Å². The van der Waals surface area contributed by atoms with Gasteiger partial charge < -0.3 is 5.11 Å². The maximum atomic E-state index is 12.7. The Morgan fingerprint density at radius 3 is 2.57 bits per heavy atom. The number of rotatable bonds is 2. The number of benzene rings is 1. The minimum absolute atomic E-state index is 0.209. The summed E-state index contributed by atoms with van der Waals surface area (Å²) < 4.78 is 26.9. The van der Waals surface area contributed by atoms with Crippen LogP contribution in [0, 0.1) is 17.3 Å². The van der Waals surface area contributed by atoms with Crippen LogP contribution in [0.2, 0.25) is 0 Å². The molecule has 1 aromatic carbocycles. The van der Waals surface area contributed by atoms with Gasteiger partial charge in [-0.1, -0.05) is 31.8 Å². The summed E-state index contributed by atoms with van der Waals surface area (Å²) in [5.41, 5.74) is 0.808. The second kappa shape index (κ2) is 6.18. The lowest BCUT2D eigenvalue weighted by molar-refractivity contribution is 0.196. The fourth-order valence-electron chi connectivity index (χ4n) is 2.36. The van der Waals surface area contributed by atoms with Crippen molar-refractivity contribution in [2.45, 2.75) is 31.6 Å². The van der Waals surface area contributed by atoms with Crippen LogP contribution in [0.3, 0.4) is 0 Å². The summed E-state index contributed by atoms with van der Waals surface area (Å²) in [5.74, 6) is 5.27. The number of hydrogen-bond acceptors (Lipinski definition) is 3. The molecule has 0 atom stereocenters. The summed E-state index contributed by atoms with van der Waals surface area (Å²) in [6, 6.07) is 6.58. The molecule has 0 spiro atoms. The Bertz CT molecular complexity index is 658. The predicted molar refractivity (Wildman–Crippen MR) is 82.2 cm³/mol. The highest BCUT2D eigenvalue weighted by atomic mass is 32.2. The van der Waals surface area contributed by atoms with Gasteiger partial charge in [0.15, 0.2) is 0 Å². The molecule has 4 nitrogen and oxygen atoms in total. The monoisotopic (exact) mass is 307 g/mol. The smallest absolute Gasteiger partial charge is 0.243 e. The number of hydrogen-bond donors (Lipinski definition) is 1. The first-order valence-corrected chi connectivity index (χ1v) is 8.49. The van der Waals surface area contributed by atoms with E-state index in [1.807, 2.05) is 0 Å². The third-order valence-electron chi connectivity index (χ3n) is 3.86. The van der Waals surface area contributed by atoms with E-state index >= 15 is 0 Å². The summed E-state index contributed by atoms with van der Waals surface area (Å²) in [7, 11) is -3.46. The van der Waals surface area contributed by atoms with Gasteiger partial charge in [0.25, 0.3) is 0 Å². The van der Waals surface area contributed by atoms with E-state index in [9.17, 15) is 8.42 Å². The molecule has 1 aliphatic heterocycles. The van der Waals surface area contributed by atoms with Crippen molar-refractivity contribution in [3.63, 3.8) is 0 Å². The summed E-state index contributed by atoms with van der Waals surface area (Å²) in [4.78, 5) is 0.270. The lowest BCUT2D eigenvalue weighted by atomic mass is 9.83. The number of aliphatic hydroxyl groups excluding tert-OH is 1. The predicted octanol–water partition coefficient (Wildman–Crippen LogP) is 1.84. The molecule has 0 bridgehead atoms. The second-order valence-corrected chi connectivity index (χ2v) is 7.99. The number of sulfonamides is 1. The third-order valence-corrected chi connectivity index (χ3v) is 5.75. The summed E-state index contributed by atoms with van der Waals surface area (Å²) in [6.45, 7) is 5.21. The average molecular weight is 307 g/mol. The first-order valence-electron chi connectivity index (χ1n) is 7.05. The molecule has 21 heavy (non-hydrogen) atoms. The topological polar surface area (TPSA) is 57.6 Å². The van der Waals surface area contributed by atoms with Crippen molar-refractivity contribution in [2.75, 3.05) is 19.7 Å². The van der Waals surface area contributed by atoms with Crippen LogP contribution in [0.15, 0.2) is 29.2 Å². The van der Waals surface area contributed by atoms with Crippen molar-refractivity contribution >= 4 is 10.0 Å². The molecule has 0 unspecified atom stereocenters. The lowest BCUT2D eigenvalue weighted by Gasteiger charge is -2.36.